The summed E-state index contributed by atoms with van der Waals surface area (Å²) in [6.07, 6.45) is 3.22. The van der Waals surface area contributed by atoms with Crippen LogP contribution in [0.15, 0.2) is 53.3 Å². The summed E-state index contributed by atoms with van der Waals surface area (Å²) in [5.41, 5.74) is 2.04. The Bertz CT molecular complexity index is 460. The maximum Gasteiger partial charge on any atom is 0.108 e. The lowest BCUT2D eigenvalue weighted by Crippen LogP contribution is -1.92. The topological polar surface area (TPSA) is 22.4 Å². The van der Waals surface area contributed by atoms with Crippen LogP contribution in [-0.4, -0.2) is 6.61 Å². The molecule has 1 heterocycles. The molecule has 0 fully saturated rings. The summed E-state index contributed by atoms with van der Waals surface area (Å²) in [6, 6.07) is 11.9. The molecule has 0 N–H and O–H groups in total. The Kier molecular flexibility index (Phi) is 3.81. The first-order valence-corrected chi connectivity index (χ1v) is 5.08. The minimum absolute atomic E-state index is 0.431. The highest BCUT2D eigenvalue weighted by Crippen LogP contribution is 2.00. The van der Waals surface area contributed by atoms with E-state index in [2.05, 4.69) is 11.8 Å². The molecule has 0 atom stereocenters. The highest BCUT2D eigenvalue weighted by molar-refractivity contribution is 5.30. The molecule has 0 aliphatic heterocycles. The molecule has 0 bridgehead atoms. The molecular weight excluding hydrogens is 200 g/mol. The lowest BCUT2D eigenvalue weighted by Gasteiger charge is -1.98. The maximum atomic E-state index is 5.41. The second-order valence-corrected chi connectivity index (χ2v) is 3.29. The number of hydrogen-bond acceptors (Lipinski definition) is 2. The Labute approximate surface area is 94.9 Å². The fourth-order valence-electron chi connectivity index (χ4n) is 1.27. The average Bonchev–Trinajstić information content (AvgIpc) is 2.83. The van der Waals surface area contributed by atoms with Gasteiger partial charge in [-0.1, -0.05) is 42.2 Å². The van der Waals surface area contributed by atoms with Crippen LogP contribution in [0.25, 0.3) is 0 Å². The third-order valence-corrected chi connectivity index (χ3v) is 2.04. The summed E-state index contributed by atoms with van der Waals surface area (Å²) >= 11 is 0. The van der Waals surface area contributed by atoms with E-state index in [1.165, 1.54) is 0 Å². The van der Waals surface area contributed by atoms with Crippen molar-refractivity contribution in [2.24, 2.45) is 0 Å². The third kappa shape index (κ3) is 3.30. The van der Waals surface area contributed by atoms with Crippen LogP contribution in [0.4, 0.5) is 0 Å². The van der Waals surface area contributed by atoms with Crippen molar-refractivity contribution in [2.75, 3.05) is 6.61 Å². The average molecular weight is 212 g/mol. The van der Waals surface area contributed by atoms with Gasteiger partial charge in [0.25, 0.3) is 0 Å². The van der Waals surface area contributed by atoms with Gasteiger partial charge in [-0.2, -0.15) is 0 Å². The van der Waals surface area contributed by atoms with E-state index < -0.39 is 0 Å². The van der Waals surface area contributed by atoms with E-state index in [0.717, 1.165) is 11.1 Å². The van der Waals surface area contributed by atoms with E-state index in [9.17, 15) is 0 Å². The van der Waals surface area contributed by atoms with Crippen molar-refractivity contribution in [3.63, 3.8) is 0 Å². The van der Waals surface area contributed by atoms with Gasteiger partial charge in [0.1, 0.15) is 12.9 Å². The number of rotatable bonds is 3. The Morgan fingerprint density at radius 1 is 1.12 bits per heavy atom. The van der Waals surface area contributed by atoms with E-state index in [1.807, 2.05) is 36.4 Å². The summed E-state index contributed by atoms with van der Waals surface area (Å²) < 4.78 is 10.3. The maximum absolute atomic E-state index is 5.41. The molecule has 1 aromatic heterocycles. The van der Waals surface area contributed by atoms with Crippen LogP contribution in [0.2, 0.25) is 0 Å². The molecule has 2 heteroatoms. The number of furan rings is 1. The molecular formula is C14H12O2. The molecule has 0 saturated carbocycles. The first-order valence-electron chi connectivity index (χ1n) is 5.08. The first kappa shape index (κ1) is 10.5. The smallest absolute Gasteiger partial charge is 0.108 e. The fraction of sp³-hybridized carbons (Fsp3) is 0.143. The summed E-state index contributed by atoms with van der Waals surface area (Å²) in [5, 5.41) is 0. The molecule has 0 spiro atoms. The van der Waals surface area contributed by atoms with Gasteiger partial charge in [0.05, 0.1) is 18.4 Å². The van der Waals surface area contributed by atoms with Crippen molar-refractivity contribution >= 4 is 0 Å². The number of hydrogen-bond donors (Lipinski definition) is 0. The molecule has 2 aromatic rings. The van der Waals surface area contributed by atoms with E-state index >= 15 is 0 Å². The molecule has 2 nitrogen and oxygen atoms in total. The van der Waals surface area contributed by atoms with Crippen LogP contribution in [0.3, 0.4) is 0 Å². The highest BCUT2D eigenvalue weighted by atomic mass is 16.5. The van der Waals surface area contributed by atoms with Gasteiger partial charge < -0.3 is 9.15 Å². The van der Waals surface area contributed by atoms with Crippen molar-refractivity contribution < 1.29 is 9.15 Å². The summed E-state index contributed by atoms with van der Waals surface area (Å²) in [6.45, 7) is 1.03. The van der Waals surface area contributed by atoms with E-state index in [4.69, 9.17) is 9.15 Å². The lowest BCUT2D eigenvalue weighted by atomic mass is 10.2. The van der Waals surface area contributed by atoms with Crippen molar-refractivity contribution in [3.05, 3.63) is 60.1 Å². The molecule has 0 aliphatic rings. The molecule has 0 saturated heterocycles. The zero-order valence-corrected chi connectivity index (χ0v) is 8.85. The van der Waals surface area contributed by atoms with Gasteiger partial charge in [0.15, 0.2) is 0 Å². The van der Waals surface area contributed by atoms with Crippen molar-refractivity contribution in [1.29, 1.82) is 0 Å². The van der Waals surface area contributed by atoms with Crippen molar-refractivity contribution in [2.45, 2.75) is 6.61 Å². The van der Waals surface area contributed by atoms with Gasteiger partial charge in [-0.05, 0) is 11.6 Å². The van der Waals surface area contributed by atoms with Gasteiger partial charge in [-0.15, -0.1) is 0 Å². The van der Waals surface area contributed by atoms with Gasteiger partial charge in [-0.3, -0.25) is 0 Å². The molecule has 16 heavy (non-hydrogen) atoms. The van der Waals surface area contributed by atoms with Crippen LogP contribution >= 0.6 is 0 Å². The Morgan fingerprint density at radius 3 is 2.75 bits per heavy atom. The first-order chi connectivity index (χ1) is 7.95. The second-order valence-electron chi connectivity index (χ2n) is 3.29. The fourth-order valence-corrected chi connectivity index (χ4v) is 1.27. The van der Waals surface area contributed by atoms with E-state index in [0.29, 0.717) is 13.2 Å². The molecule has 0 aliphatic carbocycles. The second kappa shape index (κ2) is 5.79. The van der Waals surface area contributed by atoms with E-state index in [-0.39, 0.29) is 0 Å². The summed E-state index contributed by atoms with van der Waals surface area (Å²) in [5.74, 6) is 5.87. The predicted octanol–water partition coefficient (Wildman–Crippen LogP) is 2.85. The summed E-state index contributed by atoms with van der Waals surface area (Å²) in [7, 11) is 0. The van der Waals surface area contributed by atoms with Gasteiger partial charge >= 0.3 is 0 Å². The van der Waals surface area contributed by atoms with Crippen LogP contribution in [0.1, 0.15) is 11.1 Å². The highest BCUT2D eigenvalue weighted by Gasteiger charge is 1.89. The van der Waals surface area contributed by atoms with Crippen molar-refractivity contribution in [3.8, 4) is 11.8 Å². The van der Waals surface area contributed by atoms with Crippen LogP contribution in [0.5, 0.6) is 0 Å². The monoisotopic (exact) mass is 212 g/mol. The van der Waals surface area contributed by atoms with Gasteiger partial charge in [-0.25, -0.2) is 0 Å². The number of benzene rings is 1. The van der Waals surface area contributed by atoms with Gasteiger partial charge in [0, 0.05) is 0 Å². The third-order valence-electron chi connectivity index (χ3n) is 2.04. The SMILES string of the molecule is C(#Cc1ccoc1)COCc1ccccc1. The summed E-state index contributed by atoms with van der Waals surface area (Å²) in [4.78, 5) is 0. The quantitative estimate of drug-likeness (QED) is 0.576. The van der Waals surface area contributed by atoms with Crippen LogP contribution in [-0.2, 0) is 11.3 Å². The normalized spacial score (nSPS) is 9.50. The molecule has 1 aromatic carbocycles. The standard InChI is InChI=1S/C14H12O2/c1-2-5-13(6-3-1)11-15-9-4-7-14-8-10-16-12-14/h1-3,5-6,8,10,12H,9,11H2. The Hall–Kier alpha value is -1.98. The van der Waals surface area contributed by atoms with Crippen LogP contribution < -0.4 is 0 Å². The number of ether oxygens (including phenoxy) is 1. The lowest BCUT2D eigenvalue weighted by molar-refractivity contribution is 0.153. The van der Waals surface area contributed by atoms with E-state index in [1.54, 1.807) is 12.5 Å². The zero-order chi connectivity index (χ0) is 11.1. The van der Waals surface area contributed by atoms with Crippen LogP contribution in [0, 0.1) is 11.8 Å². The Balaban J connectivity index is 1.73. The minimum Gasteiger partial charge on any atom is -0.471 e. The molecule has 0 amide bonds. The molecule has 80 valence electrons. The zero-order valence-electron chi connectivity index (χ0n) is 8.85. The minimum atomic E-state index is 0.431. The molecule has 0 unspecified atom stereocenters. The van der Waals surface area contributed by atoms with Crippen molar-refractivity contribution in [1.82, 2.24) is 0 Å². The molecule has 2 rings (SSSR count). The van der Waals surface area contributed by atoms with Gasteiger partial charge in [0.2, 0.25) is 0 Å². The largest absolute Gasteiger partial charge is 0.471 e. The molecule has 0 radical (unpaired) electrons. The predicted molar refractivity (Wildman–Crippen MR) is 61.7 cm³/mol. The Morgan fingerprint density at radius 2 is 2.00 bits per heavy atom.